The van der Waals surface area contributed by atoms with Crippen LogP contribution in [0.25, 0.3) is 0 Å². The van der Waals surface area contributed by atoms with Gasteiger partial charge in [-0.1, -0.05) is 0 Å². The zero-order valence-electron chi connectivity index (χ0n) is 9.46. The van der Waals surface area contributed by atoms with Crippen molar-refractivity contribution in [2.24, 2.45) is 0 Å². The number of aromatic nitrogens is 1. The lowest BCUT2D eigenvalue weighted by atomic mass is 9.99. The van der Waals surface area contributed by atoms with Crippen LogP contribution in [0, 0.1) is 6.92 Å². The van der Waals surface area contributed by atoms with Gasteiger partial charge in [0.2, 0.25) is 5.91 Å². The Morgan fingerprint density at radius 3 is 2.80 bits per heavy atom. The summed E-state index contributed by atoms with van der Waals surface area (Å²) in [4.78, 5) is 18.1. The van der Waals surface area contributed by atoms with E-state index >= 15 is 0 Å². The monoisotopic (exact) mass is 205 g/mol. The number of anilines is 2. The van der Waals surface area contributed by atoms with Crippen molar-refractivity contribution in [3.05, 3.63) is 17.8 Å². The molecule has 0 saturated heterocycles. The Kier molecular flexibility index (Phi) is 1.96. The van der Waals surface area contributed by atoms with Gasteiger partial charge in [0.25, 0.3) is 0 Å². The molecule has 80 valence electrons. The normalized spacial score (nSPS) is 18.4. The fraction of sp³-hybridized carbons (Fsp3) is 0.455. The number of nitrogens with one attached hydrogen (secondary N) is 1. The van der Waals surface area contributed by atoms with Gasteiger partial charge in [-0.3, -0.25) is 4.79 Å². The fourth-order valence-electron chi connectivity index (χ4n) is 1.61. The average Bonchev–Trinajstić information content (AvgIpc) is 2.15. The molecule has 0 aromatic carbocycles. The Morgan fingerprint density at radius 1 is 1.47 bits per heavy atom. The van der Waals surface area contributed by atoms with Crippen LogP contribution in [0.5, 0.6) is 0 Å². The van der Waals surface area contributed by atoms with Crippen molar-refractivity contribution in [3.63, 3.8) is 0 Å². The predicted octanol–water partition coefficient (Wildman–Crippen LogP) is 1.56. The number of pyridine rings is 1. The van der Waals surface area contributed by atoms with E-state index in [2.05, 4.69) is 10.3 Å². The quantitative estimate of drug-likeness (QED) is 0.699. The highest BCUT2D eigenvalue weighted by molar-refractivity contribution is 6.05. The van der Waals surface area contributed by atoms with Crippen LogP contribution in [-0.4, -0.2) is 23.5 Å². The van der Waals surface area contributed by atoms with Crippen LogP contribution in [0.3, 0.4) is 0 Å². The Hall–Kier alpha value is -1.58. The molecule has 0 unspecified atom stereocenters. The third kappa shape index (κ3) is 1.37. The van der Waals surface area contributed by atoms with Crippen LogP contribution in [-0.2, 0) is 4.79 Å². The van der Waals surface area contributed by atoms with Crippen molar-refractivity contribution >= 4 is 17.4 Å². The van der Waals surface area contributed by atoms with Crippen LogP contribution in [0.2, 0.25) is 0 Å². The third-order valence-electron chi connectivity index (χ3n) is 2.96. The second-order valence-corrected chi connectivity index (χ2v) is 4.46. The Morgan fingerprint density at radius 2 is 2.13 bits per heavy atom. The highest BCUT2D eigenvalue weighted by Crippen LogP contribution is 2.33. The molecule has 0 saturated carbocycles. The van der Waals surface area contributed by atoms with Crippen LogP contribution < -0.4 is 10.2 Å². The van der Waals surface area contributed by atoms with E-state index in [1.807, 2.05) is 45.0 Å². The zero-order chi connectivity index (χ0) is 11.2. The van der Waals surface area contributed by atoms with Crippen LogP contribution >= 0.6 is 0 Å². The van der Waals surface area contributed by atoms with Gasteiger partial charge >= 0.3 is 0 Å². The van der Waals surface area contributed by atoms with E-state index in [1.54, 1.807) is 0 Å². The predicted molar refractivity (Wildman–Crippen MR) is 60.1 cm³/mol. The van der Waals surface area contributed by atoms with Gasteiger partial charge in [-0.25, -0.2) is 4.98 Å². The molecule has 0 radical (unpaired) electrons. The molecule has 4 heteroatoms. The molecular formula is C11H15N3O. The topological polar surface area (TPSA) is 45.2 Å². The van der Waals surface area contributed by atoms with E-state index in [-0.39, 0.29) is 5.91 Å². The molecule has 15 heavy (non-hydrogen) atoms. The van der Waals surface area contributed by atoms with E-state index < -0.39 is 5.54 Å². The van der Waals surface area contributed by atoms with Gasteiger partial charge in [-0.05, 0) is 32.4 Å². The maximum absolute atomic E-state index is 11.8. The summed E-state index contributed by atoms with van der Waals surface area (Å²) in [5.74, 6) is 0.829. The molecule has 1 aliphatic rings. The molecule has 4 nitrogen and oxygen atoms in total. The van der Waals surface area contributed by atoms with E-state index in [0.29, 0.717) is 0 Å². The first kappa shape index (κ1) is 9.96. The van der Waals surface area contributed by atoms with Crippen molar-refractivity contribution in [3.8, 4) is 0 Å². The van der Waals surface area contributed by atoms with Crippen LogP contribution in [0.4, 0.5) is 11.5 Å². The SMILES string of the molecule is Cc1cnc2c(c1)NC(=O)C(C)(C)N2C. The fourth-order valence-corrected chi connectivity index (χ4v) is 1.61. The van der Waals surface area contributed by atoms with Gasteiger partial charge < -0.3 is 10.2 Å². The van der Waals surface area contributed by atoms with Crippen molar-refractivity contribution < 1.29 is 4.79 Å². The molecule has 0 aliphatic carbocycles. The van der Waals surface area contributed by atoms with Gasteiger partial charge in [-0.2, -0.15) is 0 Å². The maximum Gasteiger partial charge on any atom is 0.249 e. The van der Waals surface area contributed by atoms with E-state index in [1.165, 1.54) is 0 Å². The third-order valence-corrected chi connectivity index (χ3v) is 2.96. The Balaban J connectivity index is 2.55. The van der Waals surface area contributed by atoms with Crippen LogP contribution in [0.1, 0.15) is 19.4 Å². The lowest BCUT2D eigenvalue weighted by molar-refractivity contribution is -0.120. The average molecular weight is 205 g/mol. The number of likely N-dealkylation sites (N-methyl/N-ethyl adjacent to an activating group) is 1. The lowest BCUT2D eigenvalue weighted by Crippen LogP contribution is -2.54. The molecule has 0 fully saturated rings. The van der Waals surface area contributed by atoms with Crippen LogP contribution in [0.15, 0.2) is 12.3 Å². The summed E-state index contributed by atoms with van der Waals surface area (Å²) in [6.07, 6.45) is 1.81. The van der Waals surface area contributed by atoms with Crippen molar-refractivity contribution in [1.82, 2.24) is 4.98 Å². The summed E-state index contributed by atoms with van der Waals surface area (Å²) >= 11 is 0. The highest BCUT2D eigenvalue weighted by Gasteiger charge is 2.38. The molecule has 1 aliphatic heterocycles. The minimum absolute atomic E-state index is 0.00454. The largest absolute Gasteiger partial charge is 0.344 e. The maximum atomic E-state index is 11.8. The molecule has 0 atom stereocenters. The minimum atomic E-state index is -0.546. The minimum Gasteiger partial charge on any atom is -0.344 e. The number of carbonyl (C=O) groups is 1. The first-order valence-corrected chi connectivity index (χ1v) is 4.95. The molecule has 1 amide bonds. The van der Waals surface area contributed by atoms with Crippen molar-refractivity contribution in [2.75, 3.05) is 17.3 Å². The molecular weight excluding hydrogens is 190 g/mol. The summed E-state index contributed by atoms with van der Waals surface area (Å²) in [5, 5.41) is 2.88. The number of amides is 1. The van der Waals surface area contributed by atoms with Gasteiger partial charge in [0, 0.05) is 13.2 Å². The second kappa shape index (κ2) is 2.95. The Labute approximate surface area is 89.3 Å². The molecule has 2 heterocycles. The van der Waals surface area contributed by atoms with E-state index in [4.69, 9.17) is 0 Å². The summed E-state index contributed by atoms with van der Waals surface area (Å²) in [7, 11) is 1.89. The molecule has 0 spiro atoms. The number of hydrogen-bond donors (Lipinski definition) is 1. The number of carbonyl (C=O) groups excluding carboxylic acids is 1. The van der Waals surface area contributed by atoms with Gasteiger partial charge in [0.15, 0.2) is 5.82 Å². The molecule has 0 bridgehead atoms. The number of rotatable bonds is 0. The molecule has 1 aromatic heterocycles. The first-order chi connectivity index (χ1) is 6.93. The molecule has 2 rings (SSSR count). The standard InChI is InChI=1S/C11H15N3O/c1-7-5-8-9(12-6-7)14(4)11(2,3)10(15)13-8/h5-6H,1-4H3,(H,13,15). The lowest BCUT2D eigenvalue weighted by Gasteiger charge is -2.40. The van der Waals surface area contributed by atoms with Gasteiger partial charge in [0.1, 0.15) is 5.54 Å². The zero-order valence-corrected chi connectivity index (χ0v) is 9.46. The Bertz CT molecular complexity index is 426. The van der Waals surface area contributed by atoms with Gasteiger partial charge in [0.05, 0.1) is 5.69 Å². The summed E-state index contributed by atoms with van der Waals surface area (Å²) in [5.41, 5.74) is 1.29. The van der Waals surface area contributed by atoms with Gasteiger partial charge in [-0.15, -0.1) is 0 Å². The summed E-state index contributed by atoms with van der Waals surface area (Å²) < 4.78 is 0. The van der Waals surface area contributed by atoms with E-state index in [0.717, 1.165) is 17.1 Å². The highest BCUT2D eigenvalue weighted by atomic mass is 16.2. The first-order valence-electron chi connectivity index (χ1n) is 4.95. The number of fused-ring (bicyclic) bond motifs is 1. The number of aryl methyl sites for hydroxylation is 1. The molecule has 1 aromatic rings. The molecule has 1 N–H and O–H groups in total. The van der Waals surface area contributed by atoms with Crippen molar-refractivity contribution in [1.29, 1.82) is 0 Å². The summed E-state index contributed by atoms with van der Waals surface area (Å²) in [6, 6.07) is 1.94. The summed E-state index contributed by atoms with van der Waals surface area (Å²) in [6.45, 7) is 5.72. The number of hydrogen-bond acceptors (Lipinski definition) is 3. The second-order valence-electron chi connectivity index (χ2n) is 4.46. The van der Waals surface area contributed by atoms with Crippen molar-refractivity contribution in [2.45, 2.75) is 26.3 Å². The smallest absolute Gasteiger partial charge is 0.249 e. The number of nitrogens with zero attached hydrogens (tertiary/aromatic N) is 2. The van der Waals surface area contributed by atoms with E-state index in [9.17, 15) is 4.79 Å².